The highest BCUT2D eigenvalue weighted by atomic mass is 35.5. The van der Waals surface area contributed by atoms with Crippen LogP contribution < -0.4 is 5.73 Å². The Bertz CT molecular complexity index is 685. The molecule has 0 aliphatic carbocycles. The van der Waals surface area contributed by atoms with Gasteiger partial charge in [0.1, 0.15) is 22.0 Å². The van der Waals surface area contributed by atoms with Crippen LogP contribution in [0.4, 0.5) is 4.39 Å². The van der Waals surface area contributed by atoms with Crippen molar-refractivity contribution in [3.63, 3.8) is 0 Å². The van der Waals surface area contributed by atoms with Gasteiger partial charge >= 0.3 is 0 Å². The molecule has 3 rings (SSSR count). The van der Waals surface area contributed by atoms with E-state index in [9.17, 15) is 4.39 Å². The lowest BCUT2D eigenvalue weighted by Crippen LogP contribution is -1.94. The van der Waals surface area contributed by atoms with Crippen LogP contribution in [-0.2, 0) is 6.54 Å². The number of nitrogens with two attached hydrogens (primary N) is 1. The lowest BCUT2D eigenvalue weighted by molar-refractivity contribution is 0.601. The van der Waals surface area contributed by atoms with Crippen molar-refractivity contribution in [2.75, 3.05) is 0 Å². The fourth-order valence-electron chi connectivity index (χ4n) is 1.54. The summed E-state index contributed by atoms with van der Waals surface area (Å²) < 4.78 is 18.7. The van der Waals surface area contributed by atoms with Gasteiger partial charge in [0, 0.05) is 18.0 Å². The van der Waals surface area contributed by atoms with Crippen molar-refractivity contribution in [2.45, 2.75) is 6.54 Å². The number of thiazole rings is 1. The van der Waals surface area contributed by atoms with Crippen LogP contribution in [0.3, 0.4) is 0 Å². The van der Waals surface area contributed by atoms with Crippen LogP contribution in [0, 0.1) is 5.82 Å². The Morgan fingerprint density at radius 3 is 2.94 bits per heavy atom. The molecule has 1 aromatic carbocycles. The zero-order valence-electron chi connectivity index (χ0n) is 8.98. The summed E-state index contributed by atoms with van der Waals surface area (Å²) in [6.07, 6.45) is 0. The molecule has 3 aromatic rings. The molecular formula is C11H7ClFN3OS. The van der Waals surface area contributed by atoms with E-state index in [0.29, 0.717) is 29.2 Å². The Balaban J connectivity index is 2.13. The molecule has 2 N–H and O–H groups in total. The molecule has 2 heterocycles. The number of nitrogens with zero attached hydrogens (tertiary/aromatic N) is 2. The van der Waals surface area contributed by atoms with Crippen LogP contribution in [0.1, 0.15) is 5.01 Å². The number of fused-ring (bicyclic) bond motifs is 1. The average Bonchev–Trinajstić information content (AvgIpc) is 2.95. The maximum absolute atomic E-state index is 13.3. The smallest absolute Gasteiger partial charge is 0.247 e. The number of benzene rings is 1. The van der Waals surface area contributed by atoms with Crippen LogP contribution in [0.5, 0.6) is 0 Å². The second kappa shape index (κ2) is 4.31. The largest absolute Gasteiger partial charge is 0.435 e. The highest BCUT2D eigenvalue weighted by Gasteiger charge is 2.13. The number of halogens is 2. The molecule has 0 atom stereocenters. The van der Waals surface area contributed by atoms with Crippen LogP contribution in [0.15, 0.2) is 21.9 Å². The van der Waals surface area contributed by atoms with Gasteiger partial charge in [0.05, 0.1) is 5.02 Å². The van der Waals surface area contributed by atoms with E-state index in [4.69, 9.17) is 21.8 Å². The highest BCUT2D eigenvalue weighted by Crippen LogP contribution is 2.28. The lowest BCUT2D eigenvalue weighted by atomic mass is 10.3. The fourth-order valence-corrected chi connectivity index (χ4v) is 2.34. The van der Waals surface area contributed by atoms with Gasteiger partial charge in [-0.1, -0.05) is 11.6 Å². The Morgan fingerprint density at radius 2 is 2.22 bits per heavy atom. The van der Waals surface area contributed by atoms with E-state index in [1.807, 2.05) is 0 Å². The van der Waals surface area contributed by atoms with E-state index in [0.717, 1.165) is 5.01 Å². The number of aromatic nitrogens is 2. The quantitative estimate of drug-likeness (QED) is 0.784. The molecule has 18 heavy (non-hydrogen) atoms. The highest BCUT2D eigenvalue weighted by molar-refractivity contribution is 7.09. The summed E-state index contributed by atoms with van der Waals surface area (Å²) in [4.78, 5) is 8.47. The first-order valence-electron chi connectivity index (χ1n) is 5.08. The van der Waals surface area contributed by atoms with Crippen molar-refractivity contribution in [2.24, 2.45) is 5.73 Å². The normalized spacial score (nSPS) is 11.3. The van der Waals surface area contributed by atoms with Crippen molar-refractivity contribution in [1.82, 2.24) is 9.97 Å². The maximum atomic E-state index is 13.3. The molecule has 0 aliphatic heterocycles. The zero-order chi connectivity index (χ0) is 12.7. The number of oxazole rings is 1. The Hall–Kier alpha value is -1.50. The van der Waals surface area contributed by atoms with Crippen molar-refractivity contribution in [3.8, 4) is 11.6 Å². The van der Waals surface area contributed by atoms with Crippen LogP contribution >= 0.6 is 22.9 Å². The third-order valence-corrected chi connectivity index (χ3v) is 3.54. The van der Waals surface area contributed by atoms with E-state index < -0.39 is 5.82 Å². The molecule has 7 heteroatoms. The van der Waals surface area contributed by atoms with E-state index in [1.165, 1.54) is 23.5 Å². The average molecular weight is 284 g/mol. The molecule has 0 saturated heterocycles. The maximum Gasteiger partial charge on any atom is 0.247 e. The van der Waals surface area contributed by atoms with Crippen LogP contribution in [0.25, 0.3) is 22.7 Å². The van der Waals surface area contributed by atoms with E-state index in [-0.39, 0.29) is 5.02 Å². The summed E-state index contributed by atoms with van der Waals surface area (Å²) in [5, 5.41) is 2.60. The minimum atomic E-state index is -0.534. The summed E-state index contributed by atoms with van der Waals surface area (Å²) in [6.45, 7) is 0.366. The molecule has 92 valence electrons. The molecule has 0 bridgehead atoms. The number of hydrogen-bond donors (Lipinski definition) is 1. The minimum Gasteiger partial charge on any atom is -0.435 e. The Kier molecular flexibility index (Phi) is 2.77. The van der Waals surface area contributed by atoms with Gasteiger partial charge in [0.25, 0.3) is 0 Å². The van der Waals surface area contributed by atoms with Crippen LogP contribution in [0.2, 0.25) is 5.02 Å². The molecule has 0 aliphatic rings. The first-order valence-corrected chi connectivity index (χ1v) is 6.33. The van der Waals surface area contributed by atoms with Crippen molar-refractivity contribution >= 4 is 34.0 Å². The molecule has 2 aromatic heterocycles. The Morgan fingerprint density at radius 1 is 1.39 bits per heavy atom. The Labute approximate surface area is 110 Å². The van der Waals surface area contributed by atoms with Gasteiger partial charge in [0.2, 0.25) is 5.89 Å². The van der Waals surface area contributed by atoms with E-state index in [1.54, 1.807) is 5.38 Å². The van der Waals surface area contributed by atoms with Crippen molar-refractivity contribution < 1.29 is 8.81 Å². The molecule has 0 radical (unpaired) electrons. The minimum absolute atomic E-state index is 0.0169. The van der Waals surface area contributed by atoms with E-state index >= 15 is 0 Å². The monoisotopic (exact) mass is 283 g/mol. The predicted molar refractivity (Wildman–Crippen MR) is 68.0 cm³/mol. The molecule has 0 fully saturated rings. The van der Waals surface area contributed by atoms with Gasteiger partial charge in [-0.05, 0) is 6.07 Å². The standard InChI is InChI=1S/C11H7ClFN3OS/c12-5-1-7-9(2-6(5)13)17-11(16-7)8-4-18-10(3-14)15-8/h1-2,4H,3,14H2. The van der Waals surface area contributed by atoms with Gasteiger partial charge in [-0.3, -0.25) is 0 Å². The molecule has 0 unspecified atom stereocenters. The molecule has 4 nitrogen and oxygen atoms in total. The second-order valence-corrected chi connectivity index (χ2v) is 4.93. The fraction of sp³-hybridized carbons (Fsp3) is 0.0909. The summed E-state index contributed by atoms with van der Waals surface area (Å²) in [5.74, 6) is -0.199. The zero-order valence-corrected chi connectivity index (χ0v) is 10.6. The summed E-state index contributed by atoms with van der Waals surface area (Å²) in [5.41, 5.74) is 6.92. The second-order valence-electron chi connectivity index (χ2n) is 3.58. The van der Waals surface area contributed by atoms with Crippen LogP contribution in [-0.4, -0.2) is 9.97 Å². The first kappa shape index (κ1) is 11.6. The van der Waals surface area contributed by atoms with E-state index in [2.05, 4.69) is 9.97 Å². The van der Waals surface area contributed by atoms with Gasteiger partial charge in [-0.2, -0.15) is 0 Å². The van der Waals surface area contributed by atoms with Gasteiger partial charge in [0.15, 0.2) is 5.58 Å². The predicted octanol–water partition coefficient (Wildman–Crippen LogP) is 3.20. The van der Waals surface area contributed by atoms with Gasteiger partial charge in [-0.15, -0.1) is 11.3 Å². The summed E-state index contributed by atoms with van der Waals surface area (Å²) in [7, 11) is 0. The van der Waals surface area contributed by atoms with Gasteiger partial charge in [-0.25, -0.2) is 14.4 Å². The molecular weight excluding hydrogens is 277 g/mol. The van der Waals surface area contributed by atoms with Gasteiger partial charge < -0.3 is 10.2 Å². The number of rotatable bonds is 2. The molecule has 0 saturated carbocycles. The third kappa shape index (κ3) is 1.88. The molecule has 0 amide bonds. The SMILES string of the molecule is NCc1nc(-c2nc3cc(Cl)c(F)cc3o2)cs1. The first-order chi connectivity index (χ1) is 8.67. The molecule has 0 spiro atoms. The lowest BCUT2D eigenvalue weighted by Gasteiger charge is -1.90. The van der Waals surface area contributed by atoms with Crippen molar-refractivity contribution in [1.29, 1.82) is 0 Å². The topological polar surface area (TPSA) is 64.9 Å². The number of hydrogen-bond acceptors (Lipinski definition) is 5. The summed E-state index contributed by atoms with van der Waals surface area (Å²) >= 11 is 7.11. The van der Waals surface area contributed by atoms with Crippen molar-refractivity contribution in [3.05, 3.63) is 33.4 Å². The third-order valence-electron chi connectivity index (χ3n) is 2.38. The summed E-state index contributed by atoms with van der Waals surface area (Å²) in [6, 6.07) is 2.64.